The molecule has 0 radical (unpaired) electrons. The second kappa shape index (κ2) is 8.23. The summed E-state index contributed by atoms with van der Waals surface area (Å²) in [5, 5.41) is 2.99. The monoisotopic (exact) mass is 344 g/mol. The Morgan fingerprint density at radius 2 is 1.92 bits per heavy atom. The molecule has 0 aliphatic heterocycles. The van der Waals surface area contributed by atoms with Crippen LogP contribution in [0.25, 0.3) is 10.9 Å². The number of methoxy groups -OCH3 is 1. The largest absolute Gasteiger partial charge is 0.468 e. The van der Waals surface area contributed by atoms with E-state index in [1.165, 1.54) is 7.11 Å². The van der Waals surface area contributed by atoms with Gasteiger partial charge in [-0.05, 0) is 25.0 Å². The minimum Gasteiger partial charge on any atom is -0.468 e. The van der Waals surface area contributed by atoms with E-state index >= 15 is 0 Å². The van der Waals surface area contributed by atoms with Crippen LogP contribution in [-0.4, -0.2) is 43.1 Å². The summed E-state index contributed by atoms with van der Waals surface area (Å²) in [6, 6.07) is 7.28. The van der Waals surface area contributed by atoms with Gasteiger partial charge in [-0.2, -0.15) is 0 Å². The maximum absolute atomic E-state index is 12.5. The van der Waals surface area contributed by atoms with Crippen molar-refractivity contribution in [1.82, 2.24) is 10.3 Å². The highest BCUT2D eigenvalue weighted by Gasteiger charge is 2.19. The van der Waals surface area contributed by atoms with Gasteiger partial charge < -0.3 is 14.8 Å². The van der Waals surface area contributed by atoms with E-state index in [9.17, 15) is 14.4 Å². The van der Waals surface area contributed by atoms with Crippen LogP contribution in [0.5, 0.6) is 0 Å². The van der Waals surface area contributed by atoms with Crippen molar-refractivity contribution in [2.24, 2.45) is 0 Å². The van der Waals surface area contributed by atoms with E-state index in [1.54, 1.807) is 6.07 Å². The standard InChI is InChI=1S/C18H20N2O5/c1-4-13-11(2)17(12-7-5-6-8-14(12)20-13)18(23)25-10-15(21)19-9-16(22)24-3/h5-8H,4,9-10H2,1-3H3,(H,19,21). The Morgan fingerprint density at radius 1 is 1.20 bits per heavy atom. The van der Waals surface area contributed by atoms with Crippen LogP contribution >= 0.6 is 0 Å². The smallest absolute Gasteiger partial charge is 0.339 e. The van der Waals surface area contributed by atoms with Crippen molar-refractivity contribution in [2.45, 2.75) is 20.3 Å². The number of para-hydroxylation sites is 1. The predicted octanol–water partition coefficient (Wildman–Crippen LogP) is 1.55. The molecule has 7 heteroatoms. The average Bonchev–Trinajstić information content (AvgIpc) is 2.63. The van der Waals surface area contributed by atoms with Crippen LogP contribution in [0.2, 0.25) is 0 Å². The second-order valence-corrected chi connectivity index (χ2v) is 5.36. The van der Waals surface area contributed by atoms with Crippen molar-refractivity contribution < 1.29 is 23.9 Å². The number of aromatic nitrogens is 1. The Hall–Kier alpha value is -2.96. The number of carbonyl (C=O) groups is 3. The van der Waals surface area contributed by atoms with Gasteiger partial charge in [0.15, 0.2) is 6.61 Å². The number of nitrogens with one attached hydrogen (secondary N) is 1. The molecule has 1 aromatic carbocycles. The zero-order valence-electron chi connectivity index (χ0n) is 14.4. The third-order valence-corrected chi connectivity index (χ3v) is 3.77. The first-order valence-corrected chi connectivity index (χ1v) is 7.86. The lowest BCUT2D eigenvalue weighted by Crippen LogP contribution is -2.33. The first-order chi connectivity index (χ1) is 12.0. The number of ether oxygens (including phenoxy) is 2. The summed E-state index contributed by atoms with van der Waals surface area (Å²) in [6.07, 6.45) is 0.677. The van der Waals surface area contributed by atoms with Crippen LogP contribution in [-0.2, 0) is 25.5 Å². The number of hydrogen-bond donors (Lipinski definition) is 1. The number of carbonyl (C=O) groups excluding carboxylic acids is 3. The summed E-state index contributed by atoms with van der Waals surface area (Å²) in [7, 11) is 1.22. The van der Waals surface area contributed by atoms with E-state index in [0.29, 0.717) is 22.9 Å². The van der Waals surface area contributed by atoms with E-state index < -0.39 is 24.5 Å². The fourth-order valence-corrected chi connectivity index (χ4v) is 2.46. The quantitative estimate of drug-likeness (QED) is 0.799. The minimum atomic E-state index is -0.598. The van der Waals surface area contributed by atoms with Gasteiger partial charge in [0.05, 0.1) is 18.2 Å². The number of amides is 1. The van der Waals surface area contributed by atoms with Crippen molar-refractivity contribution >= 4 is 28.7 Å². The number of rotatable bonds is 6. The number of fused-ring (bicyclic) bond motifs is 1. The lowest BCUT2D eigenvalue weighted by molar-refractivity contribution is -0.141. The lowest BCUT2D eigenvalue weighted by atomic mass is 10.0. The van der Waals surface area contributed by atoms with Gasteiger partial charge in [0.25, 0.3) is 5.91 Å². The molecular formula is C18H20N2O5. The van der Waals surface area contributed by atoms with Crippen molar-refractivity contribution in [3.8, 4) is 0 Å². The van der Waals surface area contributed by atoms with Crippen molar-refractivity contribution in [1.29, 1.82) is 0 Å². The molecular weight excluding hydrogens is 324 g/mol. The lowest BCUT2D eigenvalue weighted by Gasteiger charge is -2.13. The molecule has 132 valence electrons. The van der Waals surface area contributed by atoms with E-state index in [0.717, 1.165) is 11.3 Å². The van der Waals surface area contributed by atoms with E-state index in [4.69, 9.17) is 4.74 Å². The number of benzene rings is 1. The molecule has 0 saturated carbocycles. The Morgan fingerprint density at radius 3 is 2.60 bits per heavy atom. The van der Waals surface area contributed by atoms with Crippen LogP contribution in [0.1, 0.15) is 28.5 Å². The van der Waals surface area contributed by atoms with E-state index in [1.807, 2.05) is 32.0 Å². The van der Waals surface area contributed by atoms with Gasteiger partial charge in [-0.25, -0.2) is 4.79 Å². The van der Waals surface area contributed by atoms with Gasteiger partial charge in [-0.3, -0.25) is 14.6 Å². The van der Waals surface area contributed by atoms with Crippen LogP contribution < -0.4 is 5.32 Å². The molecule has 0 unspecified atom stereocenters. The van der Waals surface area contributed by atoms with Gasteiger partial charge in [0, 0.05) is 11.1 Å². The molecule has 1 N–H and O–H groups in total. The van der Waals surface area contributed by atoms with Crippen molar-refractivity contribution in [3.05, 3.63) is 41.1 Å². The zero-order valence-corrected chi connectivity index (χ0v) is 14.4. The fourth-order valence-electron chi connectivity index (χ4n) is 2.46. The Bertz CT molecular complexity index is 816. The zero-order chi connectivity index (χ0) is 18.4. The van der Waals surface area contributed by atoms with Gasteiger partial charge in [-0.1, -0.05) is 25.1 Å². The Kier molecular flexibility index (Phi) is 6.05. The Balaban J connectivity index is 2.17. The summed E-state index contributed by atoms with van der Waals surface area (Å²) in [5.41, 5.74) is 2.65. The van der Waals surface area contributed by atoms with Gasteiger partial charge in [-0.15, -0.1) is 0 Å². The van der Waals surface area contributed by atoms with Crippen molar-refractivity contribution in [2.75, 3.05) is 20.3 Å². The SMILES string of the molecule is CCc1nc2ccccc2c(C(=O)OCC(=O)NCC(=O)OC)c1C. The molecule has 0 spiro atoms. The highest BCUT2D eigenvalue weighted by Crippen LogP contribution is 2.24. The summed E-state index contributed by atoms with van der Waals surface area (Å²) >= 11 is 0. The number of pyridine rings is 1. The van der Waals surface area contributed by atoms with Crippen LogP contribution in [0.3, 0.4) is 0 Å². The molecule has 0 saturated heterocycles. The predicted molar refractivity (Wildman–Crippen MR) is 91.2 cm³/mol. The third-order valence-electron chi connectivity index (χ3n) is 3.77. The van der Waals surface area contributed by atoms with E-state index in [2.05, 4.69) is 15.0 Å². The van der Waals surface area contributed by atoms with E-state index in [-0.39, 0.29) is 6.54 Å². The highest BCUT2D eigenvalue weighted by molar-refractivity contribution is 6.05. The van der Waals surface area contributed by atoms with Crippen LogP contribution in [0.4, 0.5) is 0 Å². The second-order valence-electron chi connectivity index (χ2n) is 5.36. The number of hydrogen-bond acceptors (Lipinski definition) is 6. The van der Waals surface area contributed by atoms with Gasteiger partial charge >= 0.3 is 11.9 Å². The average molecular weight is 344 g/mol. The third kappa shape index (κ3) is 4.32. The number of esters is 2. The summed E-state index contributed by atoms with van der Waals surface area (Å²) < 4.78 is 9.53. The number of nitrogens with zero attached hydrogens (tertiary/aromatic N) is 1. The summed E-state index contributed by atoms with van der Waals surface area (Å²) in [5.74, 6) is -1.76. The van der Waals surface area contributed by atoms with Crippen LogP contribution in [0, 0.1) is 6.92 Å². The van der Waals surface area contributed by atoms with Gasteiger partial charge in [0.2, 0.25) is 0 Å². The minimum absolute atomic E-state index is 0.274. The molecule has 0 fully saturated rings. The molecule has 1 amide bonds. The molecule has 1 heterocycles. The molecule has 0 bridgehead atoms. The fraction of sp³-hybridized carbons (Fsp3) is 0.333. The molecule has 0 atom stereocenters. The summed E-state index contributed by atoms with van der Waals surface area (Å²) in [6.45, 7) is 3.02. The Labute approximate surface area is 145 Å². The maximum atomic E-state index is 12.5. The number of aryl methyl sites for hydroxylation is 1. The molecule has 7 nitrogen and oxygen atoms in total. The summed E-state index contributed by atoms with van der Waals surface area (Å²) in [4.78, 5) is 39.7. The maximum Gasteiger partial charge on any atom is 0.339 e. The van der Waals surface area contributed by atoms with Gasteiger partial charge in [0.1, 0.15) is 6.54 Å². The molecule has 0 aliphatic carbocycles. The highest BCUT2D eigenvalue weighted by atomic mass is 16.5. The first kappa shape index (κ1) is 18.4. The topological polar surface area (TPSA) is 94.6 Å². The normalized spacial score (nSPS) is 10.4. The first-order valence-electron chi connectivity index (χ1n) is 7.86. The molecule has 2 aromatic rings. The molecule has 0 aliphatic rings. The molecule has 1 aromatic heterocycles. The van der Waals surface area contributed by atoms with Crippen molar-refractivity contribution in [3.63, 3.8) is 0 Å². The van der Waals surface area contributed by atoms with Crippen LogP contribution in [0.15, 0.2) is 24.3 Å². The molecule has 2 rings (SSSR count). The molecule has 25 heavy (non-hydrogen) atoms.